The summed E-state index contributed by atoms with van der Waals surface area (Å²) in [4.78, 5) is 1.19. The van der Waals surface area contributed by atoms with Gasteiger partial charge < -0.3 is 5.11 Å². The van der Waals surface area contributed by atoms with Gasteiger partial charge in [-0.1, -0.05) is 5.21 Å². The van der Waals surface area contributed by atoms with Crippen LogP contribution in [-0.4, -0.2) is 20.1 Å². The Balaban J connectivity index is 2.15. The molecule has 0 saturated carbocycles. The molecule has 1 atom stereocenters. The molecule has 0 amide bonds. The van der Waals surface area contributed by atoms with Gasteiger partial charge in [0.1, 0.15) is 5.69 Å². The molecule has 15 heavy (non-hydrogen) atoms. The summed E-state index contributed by atoms with van der Waals surface area (Å²) in [5.74, 6) is 0. The van der Waals surface area contributed by atoms with Crippen LogP contribution in [0.1, 0.15) is 23.6 Å². The van der Waals surface area contributed by atoms with Crippen molar-refractivity contribution in [1.29, 1.82) is 0 Å². The highest BCUT2D eigenvalue weighted by Crippen LogP contribution is 2.23. The van der Waals surface area contributed by atoms with Crippen molar-refractivity contribution in [2.45, 2.75) is 19.6 Å². The van der Waals surface area contributed by atoms with Crippen molar-refractivity contribution in [3.63, 3.8) is 0 Å². The maximum Gasteiger partial charge on any atom is 0.111 e. The SMILES string of the molecule is CC(O)c1cn(Cc2sccc2Br)nn1. The molecule has 1 N–H and O–H groups in total. The van der Waals surface area contributed by atoms with E-state index in [1.165, 1.54) is 4.88 Å². The van der Waals surface area contributed by atoms with Gasteiger partial charge in [-0.2, -0.15) is 0 Å². The molecule has 80 valence electrons. The van der Waals surface area contributed by atoms with Gasteiger partial charge >= 0.3 is 0 Å². The molecule has 1 unspecified atom stereocenters. The van der Waals surface area contributed by atoms with Crippen molar-refractivity contribution < 1.29 is 5.11 Å². The Morgan fingerprint density at radius 3 is 3.00 bits per heavy atom. The third-order valence-corrected chi connectivity index (χ3v) is 3.89. The smallest absolute Gasteiger partial charge is 0.111 e. The predicted molar refractivity (Wildman–Crippen MR) is 61.8 cm³/mol. The summed E-state index contributed by atoms with van der Waals surface area (Å²) in [6, 6.07) is 2.01. The number of aromatic nitrogens is 3. The fourth-order valence-corrected chi connectivity index (χ4v) is 2.64. The monoisotopic (exact) mass is 287 g/mol. The quantitative estimate of drug-likeness (QED) is 0.942. The largest absolute Gasteiger partial charge is 0.387 e. The van der Waals surface area contributed by atoms with Crippen molar-refractivity contribution in [3.8, 4) is 0 Å². The lowest BCUT2D eigenvalue weighted by molar-refractivity contribution is 0.194. The number of hydrogen-bond acceptors (Lipinski definition) is 4. The first kappa shape index (κ1) is 10.8. The average molecular weight is 288 g/mol. The predicted octanol–water partition coefficient (Wildman–Crippen LogP) is 2.20. The topological polar surface area (TPSA) is 50.9 Å². The van der Waals surface area contributed by atoms with Gasteiger partial charge in [-0.25, -0.2) is 4.68 Å². The molecule has 0 radical (unpaired) electrons. The van der Waals surface area contributed by atoms with Gasteiger partial charge in [-0.15, -0.1) is 16.4 Å². The van der Waals surface area contributed by atoms with E-state index < -0.39 is 6.10 Å². The van der Waals surface area contributed by atoms with Gasteiger partial charge in [0.15, 0.2) is 0 Å². The van der Waals surface area contributed by atoms with E-state index in [-0.39, 0.29) is 0 Å². The van der Waals surface area contributed by atoms with E-state index in [9.17, 15) is 5.11 Å². The van der Waals surface area contributed by atoms with E-state index in [1.807, 2.05) is 11.4 Å². The maximum absolute atomic E-state index is 9.30. The van der Waals surface area contributed by atoms with Crippen LogP contribution in [0.3, 0.4) is 0 Å². The van der Waals surface area contributed by atoms with Gasteiger partial charge in [-0.3, -0.25) is 0 Å². The molecule has 0 aliphatic rings. The molecule has 0 bridgehead atoms. The number of aliphatic hydroxyl groups excluding tert-OH is 1. The van der Waals surface area contributed by atoms with Crippen LogP contribution in [0.2, 0.25) is 0 Å². The minimum Gasteiger partial charge on any atom is -0.387 e. The standard InChI is InChI=1S/C9H10BrN3OS/c1-6(14)8-4-13(12-11-8)5-9-7(10)2-3-15-9/h2-4,6,14H,5H2,1H3. The Hall–Kier alpha value is -0.720. The van der Waals surface area contributed by atoms with Crippen molar-refractivity contribution in [2.24, 2.45) is 0 Å². The number of nitrogens with zero attached hydrogens (tertiary/aromatic N) is 3. The lowest BCUT2D eigenvalue weighted by atomic mass is 10.3. The zero-order valence-electron chi connectivity index (χ0n) is 8.09. The fraction of sp³-hybridized carbons (Fsp3) is 0.333. The Kier molecular flexibility index (Phi) is 3.18. The summed E-state index contributed by atoms with van der Waals surface area (Å²) in [6.07, 6.45) is 1.20. The molecular formula is C9H10BrN3OS. The summed E-state index contributed by atoms with van der Waals surface area (Å²) >= 11 is 5.12. The minimum atomic E-state index is -0.564. The Morgan fingerprint density at radius 2 is 2.47 bits per heavy atom. The van der Waals surface area contributed by atoms with Crippen molar-refractivity contribution >= 4 is 27.3 Å². The third kappa shape index (κ3) is 2.45. The molecule has 6 heteroatoms. The van der Waals surface area contributed by atoms with Crippen molar-refractivity contribution in [3.05, 3.63) is 32.7 Å². The van der Waals surface area contributed by atoms with Crippen LogP contribution >= 0.6 is 27.3 Å². The van der Waals surface area contributed by atoms with Gasteiger partial charge in [0.25, 0.3) is 0 Å². The average Bonchev–Trinajstić information content (AvgIpc) is 2.77. The molecule has 2 rings (SSSR count). The summed E-state index contributed by atoms with van der Waals surface area (Å²) in [6.45, 7) is 2.35. The summed E-state index contributed by atoms with van der Waals surface area (Å²) in [5, 5.41) is 19.1. The first-order valence-corrected chi connectivity index (χ1v) is 6.14. The number of thiophene rings is 1. The van der Waals surface area contributed by atoms with E-state index in [4.69, 9.17) is 0 Å². The molecule has 0 fully saturated rings. The van der Waals surface area contributed by atoms with E-state index >= 15 is 0 Å². The molecule has 0 spiro atoms. The molecule has 0 aliphatic carbocycles. The van der Waals surface area contributed by atoms with Crippen LogP contribution in [0.4, 0.5) is 0 Å². The summed E-state index contributed by atoms with van der Waals surface area (Å²) in [7, 11) is 0. The van der Waals surface area contributed by atoms with Gasteiger partial charge in [0, 0.05) is 9.35 Å². The van der Waals surface area contributed by atoms with Crippen LogP contribution in [0.5, 0.6) is 0 Å². The normalized spacial score (nSPS) is 13.0. The molecule has 2 aromatic rings. The second kappa shape index (κ2) is 4.42. The number of rotatable bonds is 3. The molecule has 0 aromatic carbocycles. The minimum absolute atomic E-state index is 0.564. The highest BCUT2D eigenvalue weighted by molar-refractivity contribution is 9.10. The Morgan fingerprint density at radius 1 is 1.67 bits per heavy atom. The van der Waals surface area contributed by atoms with Crippen LogP contribution in [-0.2, 0) is 6.54 Å². The molecular weight excluding hydrogens is 278 g/mol. The molecule has 0 saturated heterocycles. The highest BCUT2D eigenvalue weighted by Gasteiger charge is 2.08. The second-order valence-electron chi connectivity index (χ2n) is 3.21. The molecule has 2 heterocycles. The first-order valence-electron chi connectivity index (χ1n) is 4.47. The van der Waals surface area contributed by atoms with E-state index in [0.717, 1.165) is 4.47 Å². The molecule has 2 aromatic heterocycles. The molecule has 4 nitrogen and oxygen atoms in total. The van der Waals surface area contributed by atoms with E-state index in [2.05, 4.69) is 26.2 Å². The van der Waals surface area contributed by atoms with Gasteiger partial charge in [0.2, 0.25) is 0 Å². The number of aliphatic hydroxyl groups is 1. The van der Waals surface area contributed by atoms with Crippen LogP contribution < -0.4 is 0 Å². The summed E-state index contributed by atoms with van der Waals surface area (Å²) < 4.78 is 2.81. The van der Waals surface area contributed by atoms with Crippen LogP contribution in [0.25, 0.3) is 0 Å². The number of halogens is 1. The Bertz CT molecular complexity index is 452. The fourth-order valence-electron chi connectivity index (χ4n) is 1.17. The lowest BCUT2D eigenvalue weighted by Crippen LogP contribution is -1.98. The van der Waals surface area contributed by atoms with E-state index in [1.54, 1.807) is 29.1 Å². The zero-order chi connectivity index (χ0) is 10.8. The summed E-state index contributed by atoms with van der Waals surface area (Å²) in [5.41, 5.74) is 0.600. The lowest BCUT2D eigenvalue weighted by Gasteiger charge is -1.98. The third-order valence-electron chi connectivity index (χ3n) is 1.98. The van der Waals surface area contributed by atoms with E-state index in [0.29, 0.717) is 12.2 Å². The maximum atomic E-state index is 9.30. The zero-order valence-corrected chi connectivity index (χ0v) is 10.5. The molecule has 0 aliphatic heterocycles. The number of hydrogen-bond donors (Lipinski definition) is 1. The van der Waals surface area contributed by atoms with Crippen LogP contribution in [0, 0.1) is 0 Å². The van der Waals surface area contributed by atoms with Crippen molar-refractivity contribution in [2.75, 3.05) is 0 Å². The van der Waals surface area contributed by atoms with Crippen molar-refractivity contribution in [1.82, 2.24) is 15.0 Å². The van der Waals surface area contributed by atoms with Gasteiger partial charge in [-0.05, 0) is 34.3 Å². The highest BCUT2D eigenvalue weighted by atomic mass is 79.9. The first-order chi connectivity index (χ1) is 7.16. The van der Waals surface area contributed by atoms with Gasteiger partial charge in [0.05, 0.1) is 18.8 Å². The second-order valence-corrected chi connectivity index (χ2v) is 5.06. The Labute approximate surface area is 99.7 Å². The van der Waals surface area contributed by atoms with Crippen LogP contribution in [0.15, 0.2) is 22.1 Å².